The summed E-state index contributed by atoms with van der Waals surface area (Å²) in [7, 11) is 0. The Bertz CT molecular complexity index is 1080. The number of fused-ring (bicyclic) bond motifs is 1. The Hall–Kier alpha value is -3.52. The van der Waals surface area contributed by atoms with Crippen LogP contribution in [0.5, 0.6) is 17.2 Å². The number of Topliss-reactive ketones (excluding diaryl/α,β-unsaturated/α-hetero) is 1. The van der Waals surface area contributed by atoms with Crippen molar-refractivity contribution in [1.82, 2.24) is 9.80 Å². The number of ether oxygens (including phenoxy) is 2. The molecule has 1 fully saturated rings. The first-order valence-electron chi connectivity index (χ1n) is 10.6. The third kappa shape index (κ3) is 3.89. The van der Waals surface area contributed by atoms with Gasteiger partial charge in [0.1, 0.15) is 11.5 Å². The van der Waals surface area contributed by atoms with E-state index in [2.05, 4.69) is 4.90 Å². The highest BCUT2D eigenvalue weighted by molar-refractivity contribution is 6.46. The van der Waals surface area contributed by atoms with Crippen LogP contribution < -0.4 is 9.47 Å². The highest BCUT2D eigenvalue weighted by Crippen LogP contribution is 2.41. The number of likely N-dealkylation sites (N-methyl/N-ethyl adjacent to an activating group) is 1. The van der Waals surface area contributed by atoms with Crippen LogP contribution in [0.2, 0.25) is 0 Å². The summed E-state index contributed by atoms with van der Waals surface area (Å²) in [6, 6.07) is 10.4. The molecule has 2 aliphatic heterocycles. The molecule has 2 aromatic carbocycles. The first-order valence-corrected chi connectivity index (χ1v) is 10.6. The zero-order chi connectivity index (χ0) is 22.8. The summed E-state index contributed by atoms with van der Waals surface area (Å²) in [4.78, 5) is 29.7. The summed E-state index contributed by atoms with van der Waals surface area (Å²) in [5, 5.41) is 21.2. The Morgan fingerprint density at radius 1 is 1.09 bits per heavy atom. The third-order valence-electron chi connectivity index (χ3n) is 5.92. The number of carbonyl (C=O) groups is 2. The van der Waals surface area contributed by atoms with Gasteiger partial charge in [-0.25, -0.2) is 0 Å². The van der Waals surface area contributed by atoms with Gasteiger partial charge in [-0.3, -0.25) is 9.59 Å². The van der Waals surface area contributed by atoms with E-state index in [4.69, 9.17) is 9.47 Å². The number of carbonyl (C=O) groups excluding carboxylic acids is 2. The second-order valence-electron chi connectivity index (χ2n) is 7.68. The van der Waals surface area contributed by atoms with E-state index in [0.29, 0.717) is 35.7 Å². The Morgan fingerprint density at radius 3 is 2.56 bits per heavy atom. The van der Waals surface area contributed by atoms with Gasteiger partial charge in [-0.05, 0) is 49.0 Å². The van der Waals surface area contributed by atoms with Crippen molar-refractivity contribution in [3.63, 3.8) is 0 Å². The molecule has 0 saturated carbocycles. The molecule has 2 aromatic rings. The lowest BCUT2D eigenvalue weighted by atomic mass is 9.95. The van der Waals surface area contributed by atoms with Crippen LogP contribution in [0, 0.1) is 0 Å². The molecule has 8 heteroatoms. The maximum absolute atomic E-state index is 13.1. The number of ketones is 1. The first kappa shape index (κ1) is 21.7. The fraction of sp³-hybridized carbons (Fsp3) is 0.333. The molecule has 0 aliphatic carbocycles. The molecular formula is C24H26N2O6. The zero-order valence-corrected chi connectivity index (χ0v) is 18.1. The second-order valence-corrected chi connectivity index (χ2v) is 7.68. The lowest BCUT2D eigenvalue weighted by Gasteiger charge is -2.28. The first-order chi connectivity index (χ1) is 15.4. The van der Waals surface area contributed by atoms with E-state index in [0.717, 1.165) is 13.1 Å². The standard InChI is InChI=1S/C24H26N2O6/c1-3-25(4-2)10-11-26-21(15-6-5-7-17(27)12-15)20(23(29)24(26)30)22(28)16-8-9-18-19(13-16)32-14-31-18/h5-9,12-13,21,27-28H,3-4,10-11,14H2,1-2H3/b22-20-. The molecule has 4 rings (SSSR count). The van der Waals surface area contributed by atoms with Gasteiger partial charge < -0.3 is 29.5 Å². The molecule has 0 radical (unpaired) electrons. The summed E-state index contributed by atoms with van der Waals surface area (Å²) in [5.74, 6) is -0.703. The molecule has 0 aromatic heterocycles. The van der Waals surface area contributed by atoms with Gasteiger partial charge in [-0.1, -0.05) is 26.0 Å². The molecule has 1 unspecified atom stereocenters. The van der Waals surface area contributed by atoms with Crippen LogP contribution in [-0.2, 0) is 9.59 Å². The van der Waals surface area contributed by atoms with Crippen molar-refractivity contribution in [3.05, 3.63) is 59.2 Å². The lowest BCUT2D eigenvalue weighted by Crippen LogP contribution is -2.38. The number of hydrogen-bond donors (Lipinski definition) is 2. The Labute approximate surface area is 186 Å². The highest BCUT2D eigenvalue weighted by atomic mass is 16.7. The van der Waals surface area contributed by atoms with Crippen molar-refractivity contribution in [2.75, 3.05) is 33.0 Å². The van der Waals surface area contributed by atoms with E-state index in [9.17, 15) is 19.8 Å². The highest BCUT2D eigenvalue weighted by Gasteiger charge is 2.46. The predicted octanol–water partition coefficient (Wildman–Crippen LogP) is 2.88. The van der Waals surface area contributed by atoms with E-state index < -0.39 is 17.7 Å². The van der Waals surface area contributed by atoms with Gasteiger partial charge in [0.25, 0.3) is 11.7 Å². The van der Waals surface area contributed by atoms with E-state index in [1.54, 1.807) is 30.3 Å². The van der Waals surface area contributed by atoms with E-state index in [1.807, 2.05) is 13.8 Å². The monoisotopic (exact) mass is 438 g/mol. The molecule has 168 valence electrons. The fourth-order valence-electron chi connectivity index (χ4n) is 4.14. The molecule has 1 amide bonds. The summed E-state index contributed by atoms with van der Waals surface area (Å²) < 4.78 is 10.7. The van der Waals surface area contributed by atoms with Crippen molar-refractivity contribution in [3.8, 4) is 17.2 Å². The average Bonchev–Trinajstić information content (AvgIpc) is 3.36. The van der Waals surface area contributed by atoms with Crippen LogP contribution in [-0.4, -0.2) is 64.7 Å². The topological polar surface area (TPSA) is 99.5 Å². The number of benzene rings is 2. The van der Waals surface area contributed by atoms with E-state index >= 15 is 0 Å². The van der Waals surface area contributed by atoms with Gasteiger partial charge >= 0.3 is 0 Å². The maximum Gasteiger partial charge on any atom is 0.295 e. The number of aromatic hydroxyl groups is 1. The number of aliphatic hydroxyl groups is 1. The summed E-state index contributed by atoms with van der Waals surface area (Å²) in [6.45, 7) is 6.67. The van der Waals surface area contributed by atoms with Crippen molar-refractivity contribution in [2.24, 2.45) is 0 Å². The van der Waals surface area contributed by atoms with Crippen molar-refractivity contribution in [1.29, 1.82) is 0 Å². The fourth-order valence-corrected chi connectivity index (χ4v) is 4.14. The number of phenolic OH excluding ortho intramolecular Hbond substituents is 1. The van der Waals surface area contributed by atoms with Gasteiger partial charge in [0.05, 0.1) is 11.6 Å². The minimum Gasteiger partial charge on any atom is -0.508 e. The van der Waals surface area contributed by atoms with Gasteiger partial charge in [0.15, 0.2) is 11.5 Å². The zero-order valence-electron chi connectivity index (χ0n) is 18.1. The number of nitrogens with zero attached hydrogens (tertiary/aromatic N) is 2. The summed E-state index contributed by atoms with van der Waals surface area (Å²) in [6.07, 6.45) is 0. The summed E-state index contributed by atoms with van der Waals surface area (Å²) in [5.41, 5.74) is 0.881. The quantitative estimate of drug-likeness (QED) is 0.390. The smallest absolute Gasteiger partial charge is 0.295 e. The normalized spacial score (nSPS) is 19.2. The molecule has 32 heavy (non-hydrogen) atoms. The van der Waals surface area contributed by atoms with E-state index in [1.165, 1.54) is 17.0 Å². The number of likely N-dealkylation sites (tertiary alicyclic amines) is 1. The molecule has 2 aliphatic rings. The van der Waals surface area contributed by atoms with Crippen molar-refractivity contribution in [2.45, 2.75) is 19.9 Å². The average molecular weight is 438 g/mol. The number of hydrogen-bond acceptors (Lipinski definition) is 7. The van der Waals surface area contributed by atoms with Gasteiger partial charge in [-0.2, -0.15) is 0 Å². The molecule has 0 spiro atoms. The maximum atomic E-state index is 13.1. The van der Waals surface area contributed by atoms with Gasteiger partial charge in [0.2, 0.25) is 6.79 Å². The SMILES string of the molecule is CCN(CC)CCN1C(=O)C(=O)/C(=C(\O)c2ccc3c(c2)OCO3)C1c1cccc(O)c1. The molecule has 2 N–H and O–H groups in total. The van der Waals surface area contributed by atoms with Crippen LogP contribution in [0.1, 0.15) is 31.0 Å². The molecule has 8 nitrogen and oxygen atoms in total. The number of aliphatic hydroxyl groups excluding tert-OH is 1. The number of phenols is 1. The van der Waals surface area contributed by atoms with Crippen LogP contribution >= 0.6 is 0 Å². The minimum atomic E-state index is -0.817. The third-order valence-corrected chi connectivity index (χ3v) is 5.92. The van der Waals surface area contributed by atoms with Crippen molar-refractivity contribution >= 4 is 17.4 Å². The van der Waals surface area contributed by atoms with Gasteiger partial charge in [0, 0.05) is 18.7 Å². The van der Waals surface area contributed by atoms with Gasteiger partial charge in [-0.15, -0.1) is 0 Å². The summed E-state index contributed by atoms with van der Waals surface area (Å²) >= 11 is 0. The minimum absolute atomic E-state index is 0.0138. The molecule has 0 bridgehead atoms. The predicted molar refractivity (Wildman–Crippen MR) is 117 cm³/mol. The molecule has 2 heterocycles. The molecular weight excluding hydrogens is 412 g/mol. The largest absolute Gasteiger partial charge is 0.508 e. The number of amides is 1. The molecule has 1 atom stereocenters. The Balaban J connectivity index is 1.79. The molecule has 1 saturated heterocycles. The van der Waals surface area contributed by atoms with Crippen LogP contribution in [0.15, 0.2) is 48.0 Å². The lowest BCUT2D eigenvalue weighted by molar-refractivity contribution is -0.140. The van der Waals surface area contributed by atoms with Crippen LogP contribution in [0.4, 0.5) is 0 Å². The second kappa shape index (κ2) is 8.92. The van der Waals surface area contributed by atoms with E-state index in [-0.39, 0.29) is 23.9 Å². The van der Waals surface area contributed by atoms with Crippen LogP contribution in [0.25, 0.3) is 5.76 Å². The Morgan fingerprint density at radius 2 is 1.84 bits per heavy atom. The number of rotatable bonds is 7. The Kier molecular flexibility index (Phi) is 6.05. The van der Waals surface area contributed by atoms with Crippen LogP contribution in [0.3, 0.4) is 0 Å². The van der Waals surface area contributed by atoms with Crippen molar-refractivity contribution < 1.29 is 29.3 Å².